The van der Waals surface area contributed by atoms with Crippen molar-refractivity contribution in [3.05, 3.63) is 36.0 Å². The highest BCUT2D eigenvalue weighted by molar-refractivity contribution is 8.00. The molecular formula is C23H32N6OS. The van der Waals surface area contributed by atoms with Gasteiger partial charge in [0.1, 0.15) is 5.82 Å². The van der Waals surface area contributed by atoms with E-state index in [1.165, 1.54) is 32.1 Å². The molecule has 5 rings (SSSR count). The average molecular weight is 441 g/mol. The molecule has 1 saturated heterocycles. The van der Waals surface area contributed by atoms with Crippen LogP contribution in [0.2, 0.25) is 0 Å². The first-order chi connectivity index (χ1) is 15.2. The van der Waals surface area contributed by atoms with E-state index in [4.69, 9.17) is 0 Å². The first-order valence-corrected chi connectivity index (χ1v) is 12.4. The summed E-state index contributed by atoms with van der Waals surface area (Å²) in [6.45, 7) is 4.96. The summed E-state index contributed by atoms with van der Waals surface area (Å²) >= 11 is 1.66. The first kappa shape index (κ1) is 21.7. The van der Waals surface area contributed by atoms with Crippen molar-refractivity contribution in [1.82, 2.24) is 9.97 Å². The molecule has 0 unspecified atom stereocenters. The Morgan fingerprint density at radius 2 is 2.03 bits per heavy atom. The summed E-state index contributed by atoms with van der Waals surface area (Å²) in [4.78, 5) is 24.3. The fourth-order valence-electron chi connectivity index (χ4n) is 4.30. The second kappa shape index (κ2) is 10.7. The third-order valence-corrected chi connectivity index (χ3v) is 6.67. The molecule has 4 bridgehead atoms. The number of benzene rings is 1. The lowest BCUT2D eigenvalue weighted by Crippen LogP contribution is -2.35. The van der Waals surface area contributed by atoms with Crippen LogP contribution in [-0.2, 0) is 0 Å². The molecule has 0 atom stereocenters. The summed E-state index contributed by atoms with van der Waals surface area (Å²) in [5.41, 5.74) is 2.71. The van der Waals surface area contributed by atoms with E-state index in [0.29, 0.717) is 17.3 Å². The van der Waals surface area contributed by atoms with Crippen molar-refractivity contribution >= 4 is 41.0 Å². The number of hydrogen-bond acceptors (Lipinski definition) is 7. The van der Waals surface area contributed by atoms with Crippen LogP contribution in [0.1, 0.15) is 55.8 Å². The van der Waals surface area contributed by atoms with E-state index >= 15 is 0 Å². The minimum absolute atomic E-state index is 0.138. The number of anilines is 4. The fraction of sp³-hybridized carbons (Fsp3) is 0.522. The van der Waals surface area contributed by atoms with Crippen molar-refractivity contribution in [2.75, 3.05) is 45.6 Å². The van der Waals surface area contributed by atoms with Gasteiger partial charge in [0.25, 0.3) is 5.91 Å². The van der Waals surface area contributed by atoms with Gasteiger partial charge < -0.3 is 20.3 Å². The molecule has 3 N–H and O–H groups in total. The van der Waals surface area contributed by atoms with Gasteiger partial charge in [0.05, 0.1) is 11.3 Å². The van der Waals surface area contributed by atoms with Gasteiger partial charge in [0.2, 0.25) is 5.95 Å². The van der Waals surface area contributed by atoms with Crippen LogP contribution >= 0.6 is 11.9 Å². The predicted molar refractivity (Wildman–Crippen MR) is 130 cm³/mol. The molecular weight excluding hydrogens is 408 g/mol. The summed E-state index contributed by atoms with van der Waals surface area (Å²) in [6.07, 6.45) is 8.94. The molecule has 2 aromatic rings. The number of fused-ring (bicyclic) bond motifs is 8. The van der Waals surface area contributed by atoms with Crippen LogP contribution in [0.5, 0.6) is 0 Å². The maximum absolute atomic E-state index is 13.2. The highest BCUT2D eigenvalue weighted by atomic mass is 32.2. The second-order valence-corrected chi connectivity index (χ2v) is 9.26. The number of nitrogens with one attached hydrogen (secondary N) is 3. The van der Waals surface area contributed by atoms with Crippen LogP contribution < -0.4 is 20.3 Å². The van der Waals surface area contributed by atoms with Gasteiger partial charge in [0, 0.05) is 37.3 Å². The fourth-order valence-corrected chi connectivity index (χ4v) is 4.74. The Bertz CT molecular complexity index is 884. The SMILES string of the molecule is CCSNc1ccc2c(c1)N1CCC(CCCCCNc3nccc(n3)NC2=O)CC1. The number of rotatable bonds is 3. The summed E-state index contributed by atoms with van der Waals surface area (Å²) in [7, 11) is 0. The Morgan fingerprint density at radius 3 is 2.87 bits per heavy atom. The highest BCUT2D eigenvalue weighted by Crippen LogP contribution is 2.32. The molecule has 3 aliphatic rings. The number of amides is 1. The van der Waals surface area contributed by atoms with Crippen LogP contribution in [0.3, 0.4) is 0 Å². The molecule has 0 aliphatic carbocycles. The molecule has 1 fully saturated rings. The van der Waals surface area contributed by atoms with Gasteiger partial charge in [-0.25, -0.2) is 4.98 Å². The molecule has 0 spiro atoms. The van der Waals surface area contributed by atoms with E-state index in [2.05, 4.69) is 43.2 Å². The summed E-state index contributed by atoms with van der Waals surface area (Å²) in [6, 6.07) is 7.74. The maximum atomic E-state index is 13.2. The van der Waals surface area contributed by atoms with Crippen LogP contribution in [0.4, 0.5) is 23.1 Å². The monoisotopic (exact) mass is 440 g/mol. The Kier molecular flexibility index (Phi) is 7.51. The van der Waals surface area contributed by atoms with Gasteiger partial charge in [-0.15, -0.1) is 0 Å². The molecule has 1 aromatic carbocycles. The van der Waals surface area contributed by atoms with E-state index in [-0.39, 0.29) is 5.91 Å². The third kappa shape index (κ3) is 5.81. The van der Waals surface area contributed by atoms with Crippen LogP contribution in [0.15, 0.2) is 30.5 Å². The second-order valence-electron chi connectivity index (χ2n) is 8.19. The van der Waals surface area contributed by atoms with Gasteiger partial charge in [-0.2, -0.15) is 4.98 Å². The number of hydrogen-bond donors (Lipinski definition) is 3. The van der Waals surface area contributed by atoms with Crippen molar-refractivity contribution in [2.45, 2.75) is 45.4 Å². The van der Waals surface area contributed by atoms with Crippen LogP contribution in [0, 0.1) is 5.92 Å². The van der Waals surface area contributed by atoms with Crippen molar-refractivity contribution in [1.29, 1.82) is 0 Å². The largest absolute Gasteiger partial charge is 0.371 e. The van der Waals surface area contributed by atoms with Gasteiger partial charge in [-0.05, 0) is 49.4 Å². The lowest BCUT2D eigenvalue weighted by Gasteiger charge is -2.35. The van der Waals surface area contributed by atoms with E-state index in [1.807, 2.05) is 12.1 Å². The molecule has 3 aliphatic heterocycles. The van der Waals surface area contributed by atoms with Gasteiger partial charge >= 0.3 is 0 Å². The third-order valence-electron chi connectivity index (χ3n) is 6.00. The summed E-state index contributed by atoms with van der Waals surface area (Å²) in [5, 5.41) is 6.25. The number of aromatic nitrogens is 2. The Balaban J connectivity index is 1.63. The standard InChI is InChI=1S/C23H32N6OS/c1-2-31-28-18-7-8-19-20(16-18)29-14-10-17(11-15-29)6-4-3-5-12-24-23-25-13-9-21(27-23)26-22(19)30/h7-9,13,16-17,28H,2-6,10-12,14-15H2,1H3,(H2,24,25,26,27,30). The van der Waals surface area contributed by atoms with Gasteiger partial charge in [0.15, 0.2) is 0 Å². The predicted octanol–water partition coefficient (Wildman–Crippen LogP) is 5.01. The zero-order valence-electron chi connectivity index (χ0n) is 18.2. The molecule has 0 saturated carbocycles. The summed E-state index contributed by atoms with van der Waals surface area (Å²) in [5.74, 6) is 2.70. The molecule has 166 valence electrons. The van der Waals surface area contributed by atoms with Crippen molar-refractivity contribution in [3.8, 4) is 0 Å². The van der Waals surface area contributed by atoms with E-state index < -0.39 is 0 Å². The molecule has 1 amide bonds. The quantitative estimate of drug-likeness (QED) is 0.579. The Hall–Kier alpha value is -2.48. The average Bonchev–Trinajstić information content (AvgIpc) is 2.80. The van der Waals surface area contributed by atoms with Crippen LogP contribution in [0.25, 0.3) is 0 Å². The lowest BCUT2D eigenvalue weighted by molar-refractivity contribution is 0.102. The van der Waals surface area contributed by atoms with Crippen molar-refractivity contribution < 1.29 is 4.79 Å². The van der Waals surface area contributed by atoms with E-state index in [9.17, 15) is 4.79 Å². The minimum atomic E-state index is -0.138. The zero-order valence-corrected chi connectivity index (χ0v) is 19.0. The lowest BCUT2D eigenvalue weighted by atomic mass is 9.90. The summed E-state index contributed by atoms with van der Waals surface area (Å²) < 4.78 is 3.38. The van der Waals surface area contributed by atoms with Gasteiger partial charge in [-0.1, -0.05) is 38.1 Å². The topological polar surface area (TPSA) is 82.2 Å². The van der Waals surface area contributed by atoms with Crippen molar-refractivity contribution in [2.24, 2.45) is 5.92 Å². The minimum Gasteiger partial charge on any atom is -0.371 e. The normalized spacial score (nSPS) is 18.0. The smallest absolute Gasteiger partial charge is 0.258 e. The maximum Gasteiger partial charge on any atom is 0.258 e. The molecule has 7 nitrogen and oxygen atoms in total. The number of nitrogens with zero attached hydrogens (tertiary/aromatic N) is 3. The van der Waals surface area contributed by atoms with E-state index in [0.717, 1.165) is 49.1 Å². The highest BCUT2D eigenvalue weighted by Gasteiger charge is 2.24. The molecule has 4 heterocycles. The molecule has 31 heavy (non-hydrogen) atoms. The molecule has 1 aromatic heterocycles. The Labute approximate surface area is 188 Å². The zero-order chi connectivity index (χ0) is 21.5. The molecule has 0 radical (unpaired) electrons. The van der Waals surface area contributed by atoms with Crippen LogP contribution in [-0.4, -0.2) is 41.3 Å². The van der Waals surface area contributed by atoms with E-state index in [1.54, 1.807) is 24.2 Å². The van der Waals surface area contributed by atoms with Gasteiger partial charge in [-0.3, -0.25) is 4.79 Å². The number of piperidine rings is 1. The number of carbonyl (C=O) groups excluding carboxylic acids is 1. The Morgan fingerprint density at radius 1 is 1.16 bits per heavy atom. The van der Waals surface area contributed by atoms with Crippen molar-refractivity contribution in [3.63, 3.8) is 0 Å². The first-order valence-electron chi connectivity index (χ1n) is 11.4. The number of carbonyl (C=O) groups is 1. The molecule has 8 heteroatoms.